The molecule has 0 amide bonds. The Balaban J connectivity index is 2.24. The van der Waals surface area contributed by atoms with E-state index >= 15 is 0 Å². The number of nitrogens with two attached hydrogens (primary N) is 1. The number of phenolic OH excluding ortho intramolecular Hbond substituents is 1. The molecule has 1 aromatic carbocycles. The minimum atomic E-state index is 0.0143. The van der Waals surface area contributed by atoms with Gasteiger partial charge in [-0.3, -0.25) is 0 Å². The van der Waals surface area contributed by atoms with Crippen LogP contribution >= 0.6 is 11.6 Å². The van der Waals surface area contributed by atoms with Crippen molar-refractivity contribution in [2.75, 3.05) is 5.73 Å². The second-order valence-electron chi connectivity index (χ2n) is 5.03. The maximum absolute atomic E-state index is 9.56. The number of phenols is 1. The maximum atomic E-state index is 9.56. The second kappa shape index (κ2) is 5.35. The van der Waals surface area contributed by atoms with Gasteiger partial charge in [0.25, 0.3) is 0 Å². The lowest BCUT2D eigenvalue weighted by atomic mass is 10.1. The van der Waals surface area contributed by atoms with Crippen LogP contribution in [-0.4, -0.2) is 15.1 Å². The third-order valence-corrected chi connectivity index (χ3v) is 3.82. The van der Waals surface area contributed by atoms with Gasteiger partial charge in [-0.25, -0.2) is 9.97 Å². The van der Waals surface area contributed by atoms with Gasteiger partial charge in [-0.1, -0.05) is 11.6 Å². The van der Waals surface area contributed by atoms with E-state index < -0.39 is 0 Å². The fourth-order valence-corrected chi connectivity index (χ4v) is 2.34. The van der Waals surface area contributed by atoms with Crippen molar-refractivity contribution < 1.29 is 9.52 Å². The molecule has 0 aliphatic carbocycles. The minimum absolute atomic E-state index is 0.0143. The van der Waals surface area contributed by atoms with Gasteiger partial charge in [0.05, 0.1) is 23.2 Å². The van der Waals surface area contributed by atoms with Crippen molar-refractivity contribution in [2.24, 2.45) is 0 Å². The summed E-state index contributed by atoms with van der Waals surface area (Å²) in [5.74, 6) is 0.939. The Kier molecular flexibility index (Phi) is 3.50. The van der Waals surface area contributed by atoms with Crippen LogP contribution in [0.3, 0.4) is 0 Å². The Morgan fingerprint density at radius 1 is 1.23 bits per heavy atom. The van der Waals surface area contributed by atoms with E-state index in [0.29, 0.717) is 23.0 Å². The quantitative estimate of drug-likeness (QED) is 0.747. The van der Waals surface area contributed by atoms with Crippen molar-refractivity contribution in [3.8, 4) is 28.5 Å². The number of nitrogens with zero attached hydrogens (tertiary/aromatic N) is 2. The normalized spacial score (nSPS) is 10.9. The van der Waals surface area contributed by atoms with E-state index in [9.17, 15) is 5.11 Å². The summed E-state index contributed by atoms with van der Waals surface area (Å²) in [7, 11) is 0. The van der Waals surface area contributed by atoms with Gasteiger partial charge in [-0.15, -0.1) is 0 Å². The van der Waals surface area contributed by atoms with Crippen LogP contribution in [0.25, 0.3) is 22.7 Å². The van der Waals surface area contributed by atoms with Gasteiger partial charge in [0, 0.05) is 5.56 Å². The molecule has 112 valence electrons. The van der Waals surface area contributed by atoms with E-state index in [1.54, 1.807) is 18.4 Å². The van der Waals surface area contributed by atoms with E-state index in [0.717, 1.165) is 16.7 Å². The summed E-state index contributed by atoms with van der Waals surface area (Å²) in [6.45, 7) is 3.91. The highest BCUT2D eigenvalue weighted by Crippen LogP contribution is 2.35. The minimum Gasteiger partial charge on any atom is -0.506 e. The zero-order valence-corrected chi connectivity index (χ0v) is 12.8. The van der Waals surface area contributed by atoms with Crippen LogP contribution in [0.5, 0.6) is 5.75 Å². The molecule has 0 unspecified atom stereocenters. The van der Waals surface area contributed by atoms with Crippen LogP contribution < -0.4 is 5.73 Å². The third kappa shape index (κ3) is 2.40. The molecule has 6 heteroatoms. The number of aryl methyl sites for hydroxylation is 1. The number of rotatable bonds is 2. The van der Waals surface area contributed by atoms with Gasteiger partial charge in [0.2, 0.25) is 0 Å². The summed E-state index contributed by atoms with van der Waals surface area (Å²) in [6, 6.07) is 4.86. The molecule has 3 N–H and O–H groups in total. The monoisotopic (exact) mass is 315 g/mol. The highest BCUT2D eigenvalue weighted by molar-refractivity contribution is 6.32. The molecule has 0 atom stereocenters. The fraction of sp³-hybridized carbons (Fsp3) is 0.125. The molecule has 2 aromatic heterocycles. The summed E-state index contributed by atoms with van der Waals surface area (Å²) in [5, 5.41) is 9.81. The predicted octanol–water partition coefficient (Wildman–Crippen LogP) is 3.96. The van der Waals surface area contributed by atoms with Gasteiger partial charge in [-0.05, 0) is 43.2 Å². The van der Waals surface area contributed by atoms with Crippen LogP contribution in [0.15, 0.2) is 35.1 Å². The van der Waals surface area contributed by atoms with Crippen molar-refractivity contribution in [1.29, 1.82) is 0 Å². The van der Waals surface area contributed by atoms with Crippen molar-refractivity contribution in [3.63, 3.8) is 0 Å². The highest BCUT2D eigenvalue weighted by Gasteiger charge is 2.18. The average molecular weight is 316 g/mol. The molecule has 5 nitrogen and oxygen atoms in total. The Morgan fingerprint density at radius 2 is 2.00 bits per heavy atom. The largest absolute Gasteiger partial charge is 0.506 e. The number of aromatic nitrogens is 2. The zero-order valence-electron chi connectivity index (χ0n) is 12.1. The van der Waals surface area contributed by atoms with Gasteiger partial charge in [0.15, 0.2) is 5.76 Å². The number of nitrogen functional groups attached to an aromatic ring is 1. The van der Waals surface area contributed by atoms with Crippen LogP contribution in [0.1, 0.15) is 11.1 Å². The van der Waals surface area contributed by atoms with Gasteiger partial charge < -0.3 is 15.3 Å². The topological polar surface area (TPSA) is 85.2 Å². The summed E-state index contributed by atoms with van der Waals surface area (Å²) in [6.07, 6.45) is 3.15. The molecule has 0 aliphatic rings. The molecule has 0 aliphatic heterocycles. The van der Waals surface area contributed by atoms with Gasteiger partial charge in [-0.2, -0.15) is 0 Å². The molecule has 3 aromatic rings. The number of furan rings is 1. The predicted molar refractivity (Wildman–Crippen MR) is 85.7 cm³/mol. The fourth-order valence-electron chi connectivity index (χ4n) is 2.16. The molecule has 0 radical (unpaired) electrons. The van der Waals surface area contributed by atoms with E-state index in [2.05, 4.69) is 9.97 Å². The molecule has 3 rings (SSSR count). The SMILES string of the molecule is Cc1coc(-c2nc(N)cnc2-c2ccc(O)c(Cl)c2)c1C. The van der Waals surface area contributed by atoms with Gasteiger partial charge in [0.1, 0.15) is 17.3 Å². The lowest BCUT2D eigenvalue weighted by Crippen LogP contribution is -1.98. The standard InChI is InChI=1S/C16H14ClN3O2/c1-8-7-22-16(9(8)2)15-14(19-6-13(18)20-15)10-3-4-12(21)11(17)5-10/h3-7,21H,1-2H3,(H2,18,20). The lowest BCUT2D eigenvalue weighted by molar-refractivity contribution is 0.475. The first-order chi connectivity index (χ1) is 10.5. The molecule has 22 heavy (non-hydrogen) atoms. The van der Waals surface area contributed by atoms with Crippen molar-refractivity contribution in [1.82, 2.24) is 9.97 Å². The summed E-state index contributed by atoms with van der Waals surface area (Å²) in [5.41, 5.74) is 9.63. The number of halogens is 1. The first-order valence-electron chi connectivity index (χ1n) is 6.64. The molecule has 0 spiro atoms. The first-order valence-corrected chi connectivity index (χ1v) is 7.01. The Bertz CT molecular complexity index is 859. The van der Waals surface area contributed by atoms with E-state index in [4.69, 9.17) is 21.8 Å². The Hall–Kier alpha value is -2.53. The van der Waals surface area contributed by atoms with Crippen molar-refractivity contribution >= 4 is 17.4 Å². The van der Waals surface area contributed by atoms with Crippen molar-refractivity contribution in [2.45, 2.75) is 13.8 Å². The molecule has 0 saturated carbocycles. The summed E-state index contributed by atoms with van der Waals surface area (Å²) < 4.78 is 5.61. The maximum Gasteiger partial charge on any atom is 0.157 e. The number of aromatic hydroxyl groups is 1. The first kappa shape index (κ1) is 14.4. The third-order valence-electron chi connectivity index (χ3n) is 3.51. The Labute approximate surface area is 132 Å². The summed E-state index contributed by atoms with van der Waals surface area (Å²) in [4.78, 5) is 8.72. The number of anilines is 1. The molecular weight excluding hydrogens is 302 g/mol. The lowest BCUT2D eigenvalue weighted by Gasteiger charge is -2.09. The summed E-state index contributed by atoms with van der Waals surface area (Å²) >= 11 is 5.98. The molecular formula is C16H14ClN3O2. The number of hydrogen-bond donors (Lipinski definition) is 2. The molecule has 0 fully saturated rings. The smallest absolute Gasteiger partial charge is 0.157 e. The van der Waals surface area contributed by atoms with Crippen LogP contribution in [-0.2, 0) is 0 Å². The van der Waals surface area contributed by atoms with Crippen molar-refractivity contribution in [3.05, 3.63) is 46.8 Å². The number of benzene rings is 1. The molecule has 0 saturated heterocycles. The van der Waals surface area contributed by atoms with E-state index in [-0.39, 0.29) is 10.8 Å². The molecule has 0 bridgehead atoms. The second-order valence-corrected chi connectivity index (χ2v) is 5.44. The van der Waals surface area contributed by atoms with Crippen LogP contribution in [0.4, 0.5) is 5.82 Å². The van der Waals surface area contributed by atoms with Crippen LogP contribution in [0, 0.1) is 13.8 Å². The van der Waals surface area contributed by atoms with E-state index in [1.807, 2.05) is 13.8 Å². The number of hydrogen-bond acceptors (Lipinski definition) is 5. The zero-order chi connectivity index (χ0) is 15.9. The van der Waals surface area contributed by atoms with Gasteiger partial charge >= 0.3 is 0 Å². The van der Waals surface area contributed by atoms with E-state index in [1.165, 1.54) is 12.3 Å². The average Bonchev–Trinajstić information content (AvgIpc) is 2.82. The highest BCUT2D eigenvalue weighted by atomic mass is 35.5. The Morgan fingerprint density at radius 3 is 2.64 bits per heavy atom. The molecule has 2 heterocycles. The van der Waals surface area contributed by atoms with Crippen LogP contribution in [0.2, 0.25) is 5.02 Å².